The second kappa shape index (κ2) is 5.58. The molecule has 3 N–H and O–H groups in total. The molecule has 0 bridgehead atoms. The van der Waals surface area contributed by atoms with Gasteiger partial charge in [0.15, 0.2) is 5.82 Å². The molecule has 0 aliphatic heterocycles. The normalized spacial score (nSPS) is 10.9. The molecule has 3 aromatic rings. The van der Waals surface area contributed by atoms with E-state index in [9.17, 15) is 14.3 Å². The van der Waals surface area contributed by atoms with Crippen molar-refractivity contribution in [1.29, 1.82) is 0 Å². The molecule has 8 heteroatoms. The number of rotatable bonds is 3. The predicted octanol–water partition coefficient (Wildman–Crippen LogP) is 4.56. The lowest BCUT2D eigenvalue weighted by molar-refractivity contribution is 0.0697. The van der Waals surface area contributed by atoms with Gasteiger partial charge in [0.05, 0.1) is 33.8 Å². The molecule has 1 aromatic heterocycles. The minimum absolute atomic E-state index is 0.0562. The van der Waals surface area contributed by atoms with Crippen molar-refractivity contribution in [2.45, 2.75) is 0 Å². The topological polar surface area (TPSA) is 78.0 Å². The van der Waals surface area contributed by atoms with Crippen LogP contribution in [0.2, 0.25) is 5.02 Å². The van der Waals surface area contributed by atoms with Crippen molar-refractivity contribution in [2.24, 2.45) is 0 Å². The van der Waals surface area contributed by atoms with Gasteiger partial charge in [-0.2, -0.15) is 0 Å². The summed E-state index contributed by atoms with van der Waals surface area (Å²) in [5.41, 5.74) is 0.355. The molecule has 0 aliphatic rings. The number of carboxylic acids is 1. The van der Waals surface area contributed by atoms with Crippen LogP contribution in [0.5, 0.6) is 0 Å². The number of fused-ring (bicyclic) bond motifs is 1. The summed E-state index contributed by atoms with van der Waals surface area (Å²) in [4.78, 5) is 17.9. The summed E-state index contributed by atoms with van der Waals surface area (Å²) in [5, 5.41) is 12.4. The number of benzene rings is 2. The Morgan fingerprint density at radius 2 is 2.18 bits per heavy atom. The Balaban J connectivity index is 2.18. The molecule has 0 aliphatic carbocycles. The number of hydrogen-bond donors (Lipinski definition) is 3. The van der Waals surface area contributed by atoms with E-state index in [1.165, 1.54) is 12.4 Å². The maximum atomic E-state index is 14.6. The first kappa shape index (κ1) is 14.8. The van der Waals surface area contributed by atoms with E-state index in [0.29, 0.717) is 16.2 Å². The molecule has 0 radical (unpaired) electrons. The van der Waals surface area contributed by atoms with Crippen LogP contribution in [0.3, 0.4) is 0 Å². The highest BCUT2D eigenvalue weighted by Gasteiger charge is 2.20. The van der Waals surface area contributed by atoms with E-state index in [-0.39, 0.29) is 16.8 Å². The molecular formula is C14H8BrClFN3O2. The van der Waals surface area contributed by atoms with Gasteiger partial charge in [0.1, 0.15) is 5.52 Å². The molecule has 22 heavy (non-hydrogen) atoms. The number of hydrogen-bond acceptors (Lipinski definition) is 3. The van der Waals surface area contributed by atoms with Crippen molar-refractivity contribution in [3.8, 4) is 0 Å². The van der Waals surface area contributed by atoms with Gasteiger partial charge >= 0.3 is 5.97 Å². The van der Waals surface area contributed by atoms with Crippen molar-refractivity contribution >= 4 is 55.9 Å². The first-order valence-corrected chi connectivity index (χ1v) is 7.25. The Morgan fingerprint density at radius 3 is 2.86 bits per heavy atom. The summed E-state index contributed by atoms with van der Waals surface area (Å²) in [5.74, 6) is -2.01. The van der Waals surface area contributed by atoms with Crippen LogP contribution in [-0.4, -0.2) is 21.0 Å². The van der Waals surface area contributed by atoms with Gasteiger partial charge in [-0.25, -0.2) is 14.2 Å². The fourth-order valence-electron chi connectivity index (χ4n) is 2.06. The molecule has 112 valence electrons. The first-order chi connectivity index (χ1) is 10.5. The van der Waals surface area contributed by atoms with Crippen LogP contribution in [0.4, 0.5) is 15.8 Å². The second-order valence-corrected chi connectivity index (χ2v) is 5.79. The standard InChI is InChI=1S/C14H8BrClFN3O2/c15-6-1-2-9(8(16)3-6)20-12-7(14(21)22)4-10-13(11(12)17)19-5-18-10/h1-5,20H,(H,18,19)(H,21,22). The molecule has 5 nitrogen and oxygen atoms in total. The summed E-state index contributed by atoms with van der Waals surface area (Å²) in [6, 6.07) is 6.27. The minimum Gasteiger partial charge on any atom is -0.478 e. The Labute approximate surface area is 137 Å². The summed E-state index contributed by atoms with van der Waals surface area (Å²) in [7, 11) is 0. The number of carbonyl (C=O) groups is 1. The van der Waals surface area contributed by atoms with Crippen LogP contribution in [0.15, 0.2) is 35.1 Å². The van der Waals surface area contributed by atoms with Gasteiger partial charge in [0.25, 0.3) is 0 Å². The van der Waals surface area contributed by atoms with Crippen molar-refractivity contribution < 1.29 is 14.3 Å². The molecular weight excluding hydrogens is 377 g/mol. The van der Waals surface area contributed by atoms with Crippen LogP contribution in [0.25, 0.3) is 11.0 Å². The lowest BCUT2D eigenvalue weighted by Gasteiger charge is -2.12. The predicted molar refractivity (Wildman–Crippen MR) is 85.4 cm³/mol. The first-order valence-electron chi connectivity index (χ1n) is 6.08. The van der Waals surface area contributed by atoms with Crippen molar-refractivity contribution in [3.63, 3.8) is 0 Å². The molecule has 0 amide bonds. The van der Waals surface area contributed by atoms with Gasteiger partial charge in [-0.05, 0) is 24.3 Å². The number of imidazole rings is 1. The molecule has 0 unspecified atom stereocenters. The zero-order chi connectivity index (χ0) is 15.9. The summed E-state index contributed by atoms with van der Waals surface area (Å²) in [6.45, 7) is 0. The third-order valence-electron chi connectivity index (χ3n) is 3.08. The maximum absolute atomic E-state index is 14.6. The third-order valence-corrected chi connectivity index (χ3v) is 3.88. The van der Waals surface area contributed by atoms with Crippen molar-refractivity contribution in [1.82, 2.24) is 9.97 Å². The third kappa shape index (κ3) is 2.53. The molecule has 0 fully saturated rings. The van der Waals surface area contributed by atoms with E-state index in [4.69, 9.17) is 11.6 Å². The van der Waals surface area contributed by atoms with Crippen LogP contribution in [-0.2, 0) is 0 Å². The van der Waals surface area contributed by atoms with E-state index in [1.807, 2.05) is 0 Å². The lowest BCUT2D eigenvalue weighted by Crippen LogP contribution is -2.06. The minimum atomic E-state index is -1.26. The number of carboxylic acid groups (broad SMARTS) is 1. The van der Waals surface area contributed by atoms with Crippen LogP contribution >= 0.6 is 27.5 Å². The fourth-order valence-corrected chi connectivity index (χ4v) is 2.78. The molecule has 0 saturated heterocycles. The van der Waals surface area contributed by atoms with E-state index in [0.717, 1.165) is 4.47 Å². The molecule has 2 aromatic carbocycles. The largest absolute Gasteiger partial charge is 0.478 e. The number of aromatic nitrogens is 2. The molecule has 0 atom stereocenters. The molecule has 0 spiro atoms. The Hall–Kier alpha value is -2.12. The van der Waals surface area contributed by atoms with E-state index in [2.05, 4.69) is 31.2 Å². The van der Waals surface area contributed by atoms with E-state index in [1.54, 1.807) is 18.2 Å². The molecule has 3 rings (SSSR count). The Kier molecular flexibility index (Phi) is 3.76. The molecule has 0 saturated carbocycles. The van der Waals surface area contributed by atoms with Gasteiger partial charge in [-0.3, -0.25) is 0 Å². The average Bonchev–Trinajstić information content (AvgIpc) is 2.92. The monoisotopic (exact) mass is 383 g/mol. The fraction of sp³-hybridized carbons (Fsp3) is 0. The quantitative estimate of drug-likeness (QED) is 0.618. The highest BCUT2D eigenvalue weighted by Crippen LogP contribution is 2.33. The highest BCUT2D eigenvalue weighted by molar-refractivity contribution is 9.10. The smallest absolute Gasteiger partial charge is 0.338 e. The second-order valence-electron chi connectivity index (χ2n) is 4.47. The molecule has 1 heterocycles. The maximum Gasteiger partial charge on any atom is 0.338 e. The number of halogens is 3. The summed E-state index contributed by atoms with van der Waals surface area (Å²) < 4.78 is 15.3. The van der Waals surface area contributed by atoms with Gasteiger partial charge < -0.3 is 15.4 Å². The number of nitrogens with one attached hydrogen (secondary N) is 2. The van der Waals surface area contributed by atoms with Gasteiger partial charge in [0.2, 0.25) is 0 Å². The van der Waals surface area contributed by atoms with E-state index >= 15 is 0 Å². The highest BCUT2D eigenvalue weighted by atomic mass is 79.9. The zero-order valence-electron chi connectivity index (χ0n) is 10.8. The number of aromatic carboxylic acids is 1. The van der Waals surface area contributed by atoms with Gasteiger partial charge in [-0.1, -0.05) is 27.5 Å². The Morgan fingerprint density at radius 1 is 1.41 bits per heavy atom. The van der Waals surface area contributed by atoms with Crippen molar-refractivity contribution in [3.05, 3.63) is 51.5 Å². The number of H-pyrrole nitrogens is 1. The average molecular weight is 385 g/mol. The van der Waals surface area contributed by atoms with Gasteiger partial charge in [0, 0.05) is 4.47 Å². The van der Waals surface area contributed by atoms with Crippen LogP contribution in [0, 0.1) is 5.82 Å². The lowest BCUT2D eigenvalue weighted by atomic mass is 10.1. The number of nitrogens with zero attached hydrogens (tertiary/aromatic N) is 1. The zero-order valence-corrected chi connectivity index (χ0v) is 13.2. The SMILES string of the molecule is O=C(O)c1cc2[nH]cnc2c(F)c1Nc1ccc(Br)cc1Cl. The Bertz CT molecular complexity index is 897. The summed E-state index contributed by atoms with van der Waals surface area (Å²) in [6.07, 6.45) is 1.30. The van der Waals surface area contributed by atoms with Gasteiger partial charge in [-0.15, -0.1) is 0 Å². The van der Waals surface area contributed by atoms with Crippen LogP contribution in [0.1, 0.15) is 10.4 Å². The van der Waals surface area contributed by atoms with E-state index < -0.39 is 11.8 Å². The van der Waals surface area contributed by atoms with Crippen LogP contribution < -0.4 is 5.32 Å². The number of anilines is 2. The van der Waals surface area contributed by atoms with Crippen molar-refractivity contribution in [2.75, 3.05) is 5.32 Å². The number of aromatic amines is 1. The summed E-state index contributed by atoms with van der Waals surface area (Å²) >= 11 is 9.34.